The Morgan fingerprint density at radius 3 is 3.14 bits per heavy atom. The van der Waals surface area contributed by atoms with Crippen LogP contribution in [-0.2, 0) is 26.1 Å². The summed E-state index contributed by atoms with van der Waals surface area (Å²) in [4.78, 5) is 4.59. The molecule has 0 radical (unpaired) electrons. The lowest BCUT2D eigenvalue weighted by molar-refractivity contribution is 0.500. The number of guanidine groups is 1. The molecule has 2 N–H and O–H groups in total. The molecule has 0 saturated carbocycles. The Balaban J connectivity index is 1.63. The highest BCUT2D eigenvalue weighted by molar-refractivity contribution is 5.79. The normalized spacial score (nSPS) is 14.7. The van der Waals surface area contributed by atoms with Gasteiger partial charge in [-0.2, -0.15) is 0 Å². The first-order chi connectivity index (χ1) is 10.9. The summed E-state index contributed by atoms with van der Waals surface area (Å²) in [6.07, 6.45) is 5.09. The highest BCUT2D eigenvalue weighted by atomic mass is 16.3. The van der Waals surface area contributed by atoms with E-state index >= 15 is 0 Å². The van der Waals surface area contributed by atoms with Gasteiger partial charge in [0, 0.05) is 19.5 Å². The third-order valence-corrected chi connectivity index (χ3v) is 3.67. The maximum absolute atomic E-state index is 5.32. The summed E-state index contributed by atoms with van der Waals surface area (Å²) in [6, 6.07) is 3.81. The maximum Gasteiger partial charge on any atom is 0.192 e. The van der Waals surface area contributed by atoms with Crippen LogP contribution in [0.3, 0.4) is 0 Å². The highest BCUT2D eigenvalue weighted by Gasteiger charge is 2.15. The number of aliphatic imine (C=N–C) groups is 1. The smallest absolute Gasteiger partial charge is 0.192 e. The molecule has 1 aliphatic rings. The van der Waals surface area contributed by atoms with Crippen LogP contribution in [0.15, 0.2) is 27.8 Å². The molecule has 3 heterocycles. The van der Waals surface area contributed by atoms with E-state index in [9.17, 15) is 0 Å². The zero-order valence-electron chi connectivity index (χ0n) is 12.9. The second-order valence-corrected chi connectivity index (χ2v) is 5.27. The van der Waals surface area contributed by atoms with Gasteiger partial charge < -0.3 is 19.6 Å². The van der Waals surface area contributed by atoms with Gasteiger partial charge in [-0.3, -0.25) is 0 Å². The van der Waals surface area contributed by atoms with Crippen LogP contribution >= 0.6 is 0 Å². The Kier molecular flexibility index (Phi) is 4.72. The average molecular weight is 302 g/mol. The number of aryl methyl sites for hydroxylation is 1. The largest absolute Gasteiger partial charge is 0.467 e. The van der Waals surface area contributed by atoms with Crippen LogP contribution in [0.5, 0.6) is 0 Å². The van der Waals surface area contributed by atoms with Crippen LogP contribution in [-0.4, -0.2) is 27.3 Å². The van der Waals surface area contributed by atoms with E-state index < -0.39 is 0 Å². The number of hydrogen-bond donors (Lipinski definition) is 2. The highest BCUT2D eigenvalue weighted by Crippen LogP contribution is 2.14. The van der Waals surface area contributed by atoms with Crippen molar-refractivity contribution in [3.05, 3.63) is 35.8 Å². The van der Waals surface area contributed by atoms with Gasteiger partial charge in [-0.25, -0.2) is 4.99 Å². The molecule has 0 amide bonds. The van der Waals surface area contributed by atoms with E-state index in [0.717, 1.165) is 42.9 Å². The summed E-state index contributed by atoms with van der Waals surface area (Å²) in [5.74, 6) is 3.66. The first kappa shape index (κ1) is 14.6. The van der Waals surface area contributed by atoms with Gasteiger partial charge in [0.1, 0.15) is 18.1 Å². The van der Waals surface area contributed by atoms with Crippen molar-refractivity contribution in [1.82, 2.24) is 25.4 Å². The fourth-order valence-electron chi connectivity index (χ4n) is 2.56. The van der Waals surface area contributed by atoms with Crippen LogP contribution in [0, 0.1) is 0 Å². The molecule has 0 aromatic carbocycles. The minimum atomic E-state index is 0.528. The van der Waals surface area contributed by atoms with Crippen molar-refractivity contribution in [2.75, 3.05) is 6.54 Å². The quantitative estimate of drug-likeness (QED) is 0.645. The second kappa shape index (κ2) is 7.11. The standard InChI is InChI=1S/C15H22N6O/c1-2-16-15(17-10-12-6-5-9-22-12)18-11-14-20-19-13-7-3-4-8-21(13)14/h5-6,9H,2-4,7-8,10-11H2,1H3,(H2,16,17,18). The molecule has 2 aromatic heterocycles. The van der Waals surface area contributed by atoms with E-state index in [1.165, 1.54) is 12.8 Å². The Hall–Kier alpha value is -2.31. The molecule has 7 nitrogen and oxygen atoms in total. The van der Waals surface area contributed by atoms with Gasteiger partial charge in [0.05, 0.1) is 12.8 Å². The maximum atomic E-state index is 5.32. The van der Waals surface area contributed by atoms with Gasteiger partial charge in [-0.05, 0) is 31.9 Å². The number of nitrogens with zero attached hydrogens (tertiary/aromatic N) is 4. The summed E-state index contributed by atoms with van der Waals surface area (Å²) in [7, 11) is 0. The van der Waals surface area contributed by atoms with Crippen LogP contribution in [0.2, 0.25) is 0 Å². The molecule has 0 atom stereocenters. The Morgan fingerprint density at radius 2 is 2.32 bits per heavy atom. The van der Waals surface area contributed by atoms with Crippen molar-refractivity contribution in [3.63, 3.8) is 0 Å². The van der Waals surface area contributed by atoms with Crippen molar-refractivity contribution in [3.8, 4) is 0 Å². The average Bonchev–Trinajstić information content (AvgIpc) is 3.20. The van der Waals surface area contributed by atoms with Gasteiger partial charge in [-0.15, -0.1) is 10.2 Å². The van der Waals surface area contributed by atoms with E-state index in [0.29, 0.717) is 13.1 Å². The summed E-state index contributed by atoms with van der Waals surface area (Å²) in [6.45, 7) is 4.99. The zero-order valence-corrected chi connectivity index (χ0v) is 12.9. The van der Waals surface area contributed by atoms with Gasteiger partial charge in [0.2, 0.25) is 0 Å². The summed E-state index contributed by atoms with van der Waals surface area (Å²) in [5, 5.41) is 15.0. The lowest BCUT2D eigenvalue weighted by atomic mass is 10.2. The van der Waals surface area contributed by atoms with E-state index in [1.54, 1.807) is 6.26 Å². The number of aromatic nitrogens is 3. The topological polar surface area (TPSA) is 80.3 Å². The third-order valence-electron chi connectivity index (χ3n) is 3.67. The SMILES string of the molecule is CCNC(=NCc1nnc2n1CCCC2)NCc1ccco1. The molecule has 3 rings (SSSR count). The molecule has 1 aliphatic heterocycles. The number of fused-ring (bicyclic) bond motifs is 1. The van der Waals surface area contributed by atoms with Crippen molar-refractivity contribution in [2.45, 2.75) is 45.8 Å². The molecule has 0 saturated heterocycles. The van der Waals surface area contributed by atoms with Crippen LogP contribution in [0.4, 0.5) is 0 Å². The van der Waals surface area contributed by atoms with Crippen molar-refractivity contribution in [2.24, 2.45) is 4.99 Å². The number of rotatable bonds is 5. The molecule has 7 heteroatoms. The van der Waals surface area contributed by atoms with Crippen LogP contribution < -0.4 is 10.6 Å². The Bertz CT molecular complexity index is 616. The number of nitrogens with one attached hydrogen (secondary N) is 2. The predicted molar refractivity (Wildman–Crippen MR) is 83.3 cm³/mol. The van der Waals surface area contributed by atoms with Gasteiger partial charge >= 0.3 is 0 Å². The number of hydrogen-bond acceptors (Lipinski definition) is 4. The minimum Gasteiger partial charge on any atom is -0.467 e. The second-order valence-electron chi connectivity index (χ2n) is 5.27. The van der Waals surface area contributed by atoms with E-state index in [4.69, 9.17) is 4.42 Å². The van der Waals surface area contributed by atoms with E-state index in [-0.39, 0.29) is 0 Å². The minimum absolute atomic E-state index is 0.528. The summed E-state index contributed by atoms with van der Waals surface area (Å²) in [5.41, 5.74) is 0. The van der Waals surface area contributed by atoms with Crippen molar-refractivity contribution < 1.29 is 4.42 Å². The van der Waals surface area contributed by atoms with Crippen LogP contribution in [0.25, 0.3) is 0 Å². The molecular formula is C15H22N6O. The van der Waals surface area contributed by atoms with Gasteiger partial charge in [0.25, 0.3) is 0 Å². The Morgan fingerprint density at radius 1 is 1.36 bits per heavy atom. The summed E-state index contributed by atoms with van der Waals surface area (Å²) >= 11 is 0. The van der Waals surface area contributed by atoms with Gasteiger partial charge in [0.15, 0.2) is 11.8 Å². The first-order valence-corrected chi connectivity index (χ1v) is 7.82. The van der Waals surface area contributed by atoms with Gasteiger partial charge in [-0.1, -0.05) is 0 Å². The molecule has 118 valence electrons. The lowest BCUT2D eigenvalue weighted by Crippen LogP contribution is -2.36. The van der Waals surface area contributed by atoms with Crippen molar-refractivity contribution in [1.29, 1.82) is 0 Å². The lowest BCUT2D eigenvalue weighted by Gasteiger charge is -2.14. The molecule has 0 fully saturated rings. The van der Waals surface area contributed by atoms with Crippen LogP contribution in [0.1, 0.15) is 37.2 Å². The van der Waals surface area contributed by atoms with E-state index in [2.05, 4.69) is 30.4 Å². The molecule has 0 unspecified atom stereocenters. The first-order valence-electron chi connectivity index (χ1n) is 7.82. The predicted octanol–water partition coefficient (Wildman–Crippen LogP) is 1.46. The summed E-state index contributed by atoms with van der Waals surface area (Å²) < 4.78 is 7.51. The number of furan rings is 1. The molecular weight excluding hydrogens is 280 g/mol. The van der Waals surface area contributed by atoms with Crippen molar-refractivity contribution >= 4 is 5.96 Å². The zero-order chi connectivity index (χ0) is 15.2. The molecule has 2 aromatic rings. The molecule has 22 heavy (non-hydrogen) atoms. The third kappa shape index (κ3) is 3.47. The fourth-order valence-corrected chi connectivity index (χ4v) is 2.56. The molecule has 0 bridgehead atoms. The monoisotopic (exact) mass is 302 g/mol. The van der Waals surface area contributed by atoms with E-state index in [1.807, 2.05) is 19.1 Å². The molecule has 0 aliphatic carbocycles. The molecule has 0 spiro atoms. The Labute approximate surface area is 129 Å². The fraction of sp³-hybridized carbons (Fsp3) is 0.533.